The molecule has 4 rings (SSSR count). The SMILES string of the molecule is CCc1nc2sc3c(c2c2n[nH]c(=S)n12)CC(C)(C)OC3. The second-order valence-corrected chi connectivity index (χ2v) is 7.45. The van der Waals surface area contributed by atoms with E-state index < -0.39 is 0 Å². The number of fused-ring (bicyclic) bond motifs is 5. The summed E-state index contributed by atoms with van der Waals surface area (Å²) >= 11 is 7.08. The lowest BCUT2D eigenvalue weighted by atomic mass is 9.94. The quantitative estimate of drug-likeness (QED) is 0.698. The number of hydrogen-bond donors (Lipinski definition) is 1. The maximum absolute atomic E-state index is 5.92. The summed E-state index contributed by atoms with van der Waals surface area (Å²) in [7, 11) is 0. The van der Waals surface area contributed by atoms with Crippen molar-refractivity contribution < 1.29 is 4.74 Å². The highest BCUT2D eigenvalue weighted by molar-refractivity contribution is 7.71. The Morgan fingerprint density at radius 1 is 1.48 bits per heavy atom. The maximum atomic E-state index is 5.92. The molecule has 0 radical (unpaired) electrons. The highest BCUT2D eigenvalue weighted by Crippen LogP contribution is 2.39. The van der Waals surface area contributed by atoms with Crippen molar-refractivity contribution in [3.05, 3.63) is 21.0 Å². The third-order valence-corrected chi connectivity index (χ3v) is 5.34. The van der Waals surface area contributed by atoms with Gasteiger partial charge in [0.05, 0.1) is 17.6 Å². The molecule has 0 aliphatic carbocycles. The minimum Gasteiger partial charge on any atom is -0.370 e. The van der Waals surface area contributed by atoms with Gasteiger partial charge in [0, 0.05) is 17.7 Å². The fourth-order valence-electron chi connectivity index (χ4n) is 2.96. The van der Waals surface area contributed by atoms with Gasteiger partial charge in [0.25, 0.3) is 0 Å². The zero-order valence-corrected chi connectivity index (χ0v) is 13.8. The summed E-state index contributed by atoms with van der Waals surface area (Å²) in [5, 5.41) is 8.50. The molecular weight excluding hydrogens is 304 g/mol. The second kappa shape index (κ2) is 4.34. The summed E-state index contributed by atoms with van der Waals surface area (Å²) < 4.78 is 8.50. The van der Waals surface area contributed by atoms with E-state index in [1.165, 1.54) is 10.4 Å². The van der Waals surface area contributed by atoms with Gasteiger partial charge in [-0.25, -0.2) is 4.98 Å². The highest BCUT2D eigenvalue weighted by Gasteiger charge is 2.31. The Morgan fingerprint density at radius 3 is 3.05 bits per heavy atom. The van der Waals surface area contributed by atoms with Crippen LogP contribution in [0, 0.1) is 4.77 Å². The van der Waals surface area contributed by atoms with Gasteiger partial charge in [-0.2, -0.15) is 5.10 Å². The topological polar surface area (TPSA) is 55.2 Å². The standard InChI is InChI=1S/C14H16N4OS2/c1-4-9-15-12-10(11-16-17-13(20)18(9)11)7-5-14(2,3)19-6-8(7)21-12/h4-6H2,1-3H3,(H,17,20). The molecule has 4 heterocycles. The molecule has 0 saturated carbocycles. The molecule has 0 saturated heterocycles. The van der Waals surface area contributed by atoms with E-state index >= 15 is 0 Å². The minimum absolute atomic E-state index is 0.144. The third-order valence-electron chi connectivity index (χ3n) is 3.97. The molecule has 3 aromatic heterocycles. The van der Waals surface area contributed by atoms with Gasteiger partial charge >= 0.3 is 0 Å². The smallest absolute Gasteiger partial charge is 0.201 e. The zero-order chi connectivity index (χ0) is 14.8. The predicted octanol–water partition coefficient (Wildman–Crippen LogP) is 3.42. The number of aromatic nitrogens is 4. The van der Waals surface area contributed by atoms with Crippen LogP contribution < -0.4 is 0 Å². The summed E-state index contributed by atoms with van der Waals surface area (Å²) in [5.41, 5.74) is 2.08. The molecule has 1 aliphatic heterocycles. The van der Waals surface area contributed by atoms with Gasteiger partial charge in [0.2, 0.25) is 4.77 Å². The third kappa shape index (κ3) is 1.88. The minimum atomic E-state index is -0.144. The first-order chi connectivity index (χ1) is 10.00. The molecule has 1 N–H and O–H groups in total. The van der Waals surface area contributed by atoms with Crippen molar-refractivity contribution in [3.63, 3.8) is 0 Å². The summed E-state index contributed by atoms with van der Waals surface area (Å²) in [4.78, 5) is 7.11. The van der Waals surface area contributed by atoms with Crippen molar-refractivity contribution in [2.75, 3.05) is 0 Å². The first-order valence-corrected chi connectivity index (χ1v) is 8.27. The van der Waals surface area contributed by atoms with E-state index in [0.717, 1.165) is 34.5 Å². The van der Waals surface area contributed by atoms with E-state index in [9.17, 15) is 0 Å². The first-order valence-electron chi connectivity index (χ1n) is 7.04. The summed E-state index contributed by atoms with van der Waals surface area (Å²) in [6.45, 7) is 6.99. The highest BCUT2D eigenvalue weighted by atomic mass is 32.1. The summed E-state index contributed by atoms with van der Waals surface area (Å²) in [6.07, 6.45) is 1.70. The van der Waals surface area contributed by atoms with Gasteiger partial charge in [-0.1, -0.05) is 6.92 Å². The molecule has 5 nitrogen and oxygen atoms in total. The van der Waals surface area contributed by atoms with Gasteiger partial charge in [0.15, 0.2) is 5.65 Å². The number of hydrogen-bond acceptors (Lipinski definition) is 5. The van der Waals surface area contributed by atoms with Gasteiger partial charge in [-0.15, -0.1) is 11.3 Å². The lowest BCUT2D eigenvalue weighted by Crippen LogP contribution is -2.31. The molecule has 0 aromatic carbocycles. The Kier molecular flexibility index (Phi) is 2.76. The van der Waals surface area contributed by atoms with Gasteiger partial charge in [0.1, 0.15) is 10.7 Å². The summed E-state index contributed by atoms with van der Waals surface area (Å²) in [6, 6.07) is 0. The number of aromatic amines is 1. The van der Waals surface area contributed by atoms with E-state index in [1.807, 2.05) is 4.40 Å². The van der Waals surface area contributed by atoms with Crippen LogP contribution >= 0.6 is 23.6 Å². The zero-order valence-electron chi connectivity index (χ0n) is 12.2. The number of H-pyrrole nitrogens is 1. The average Bonchev–Trinajstić information content (AvgIpc) is 2.97. The number of aryl methyl sites for hydroxylation is 1. The van der Waals surface area contributed by atoms with Crippen molar-refractivity contribution in [2.45, 2.75) is 45.8 Å². The van der Waals surface area contributed by atoms with E-state index in [0.29, 0.717) is 11.4 Å². The molecule has 0 fully saturated rings. The lowest BCUT2D eigenvalue weighted by molar-refractivity contribution is -0.0379. The first kappa shape index (κ1) is 13.4. The van der Waals surface area contributed by atoms with E-state index in [2.05, 4.69) is 31.0 Å². The van der Waals surface area contributed by atoms with Crippen molar-refractivity contribution in [2.24, 2.45) is 0 Å². The molecular formula is C14H16N4OS2. The molecule has 0 amide bonds. The Bertz CT molecular complexity index is 918. The van der Waals surface area contributed by atoms with Crippen LogP contribution in [0.15, 0.2) is 0 Å². The number of thiophene rings is 1. The number of nitrogens with one attached hydrogen (secondary N) is 1. The Labute approximate surface area is 131 Å². The monoisotopic (exact) mass is 320 g/mol. The Hall–Kier alpha value is -1.31. The van der Waals surface area contributed by atoms with Crippen LogP contribution in [-0.4, -0.2) is 25.2 Å². The van der Waals surface area contributed by atoms with Crippen molar-refractivity contribution in [1.82, 2.24) is 19.6 Å². The van der Waals surface area contributed by atoms with E-state index in [4.69, 9.17) is 21.9 Å². The molecule has 7 heteroatoms. The Balaban J connectivity index is 2.14. The second-order valence-electron chi connectivity index (χ2n) is 5.98. The lowest BCUT2D eigenvalue weighted by Gasteiger charge is -2.30. The molecule has 0 bridgehead atoms. The molecule has 3 aromatic rings. The molecule has 0 unspecified atom stereocenters. The van der Waals surface area contributed by atoms with Gasteiger partial charge in [-0.3, -0.25) is 9.50 Å². The van der Waals surface area contributed by atoms with Gasteiger partial charge in [-0.05, 0) is 31.6 Å². The fourth-order valence-corrected chi connectivity index (χ4v) is 4.31. The largest absolute Gasteiger partial charge is 0.370 e. The normalized spacial score (nSPS) is 17.5. The molecule has 0 atom stereocenters. The number of rotatable bonds is 1. The maximum Gasteiger partial charge on any atom is 0.201 e. The summed E-state index contributed by atoms with van der Waals surface area (Å²) in [5.74, 6) is 0.954. The molecule has 21 heavy (non-hydrogen) atoms. The van der Waals surface area contributed by atoms with Crippen molar-refractivity contribution in [1.29, 1.82) is 0 Å². The van der Waals surface area contributed by atoms with Crippen molar-refractivity contribution >= 4 is 39.4 Å². The van der Waals surface area contributed by atoms with Crippen molar-refractivity contribution in [3.8, 4) is 0 Å². The van der Waals surface area contributed by atoms with Crippen LogP contribution in [0.25, 0.3) is 15.9 Å². The molecule has 0 spiro atoms. The van der Waals surface area contributed by atoms with Crippen LogP contribution in [0.1, 0.15) is 37.0 Å². The molecule has 1 aliphatic rings. The fraction of sp³-hybridized carbons (Fsp3) is 0.500. The number of ether oxygens (including phenoxy) is 1. The van der Waals surface area contributed by atoms with Gasteiger partial charge < -0.3 is 4.74 Å². The molecule has 110 valence electrons. The van der Waals surface area contributed by atoms with E-state index in [1.54, 1.807) is 11.3 Å². The predicted molar refractivity (Wildman–Crippen MR) is 85.5 cm³/mol. The van der Waals surface area contributed by atoms with Crippen LogP contribution in [0.4, 0.5) is 0 Å². The van der Waals surface area contributed by atoms with Crippen LogP contribution in [0.3, 0.4) is 0 Å². The van der Waals surface area contributed by atoms with Crippen LogP contribution in [0.2, 0.25) is 0 Å². The Morgan fingerprint density at radius 2 is 2.29 bits per heavy atom. The number of nitrogens with zero attached hydrogens (tertiary/aromatic N) is 3. The van der Waals surface area contributed by atoms with Crippen LogP contribution in [-0.2, 0) is 24.2 Å². The average molecular weight is 320 g/mol. The van der Waals surface area contributed by atoms with Crippen LogP contribution in [0.5, 0.6) is 0 Å². The van der Waals surface area contributed by atoms with E-state index in [-0.39, 0.29) is 5.60 Å².